The van der Waals surface area contributed by atoms with Crippen LogP contribution in [0.4, 0.5) is 0 Å². The zero-order valence-corrected chi connectivity index (χ0v) is 19.1. The van der Waals surface area contributed by atoms with E-state index >= 15 is 0 Å². The van der Waals surface area contributed by atoms with Gasteiger partial charge in [0.1, 0.15) is 0 Å². The van der Waals surface area contributed by atoms with Gasteiger partial charge in [-0.1, -0.05) is 95.6 Å². The Morgan fingerprint density at radius 2 is 1.25 bits per heavy atom. The number of rotatable bonds is 2. The average Bonchev–Trinajstić information content (AvgIpc) is 3.12. The molecular formula is C25H17Cl2Zr-. The van der Waals surface area contributed by atoms with Crippen LogP contribution in [0.25, 0.3) is 33.4 Å². The van der Waals surface area contributed by atoms with Crippen LogP contribution in [0.3, 0.4) is 0 Å². The largest absolute Gasteiger partial charge is 0.143 e. The first-order valence-corrected chi connectivity index (χ1v) is 15.4. The Labute approximate surface area is 184 Å². The van der Waals surface area contributed by atoms with E-state index in [1.54, 1.807) is 0 Å². The smallest absolute Gasteiger partial charge is 0.0181 e. The van der Waals surface area contributed by atoms with Crippen LogP contribution in [0.1, 0.15) is 11.1 Å². The molecule has 0 heterocycles. The maximum Gasteiger partial charge on any atom is -0.0181 e. The summed E-state index contributed by atoms with van der Waals surface area (Å²) in [7, 11) is 9.87. The Bertz CT molecular complexity index is 989. The van der Waals surface area contributed by atoms with E-state index in [0.29, 0.717) is 0 Å². The van der Waals surface area contributed by atoms with Crippen molar-refractivity contribution < 1.29 is 20.8 Å². The molecule has 0 saturated heterocycles. The minimum atomic E-state index is -0.826. The van der Waals surface area contributed by atoms with Gasteiger partial charge in [0, 0.05) is 0 Å². The molecule has 0 amide bonds. The van der Waals surface area contributed by atoms with Gasteiger partial charge < -0.3 is 0 Å². The Balaban J connectivity index is 0.000000604. The number of fused-ring (bicyclic) bond motifs is 3. The van der Waals surface area contributed by atoms with E-state index < -0.39 is 20.8 Å². The summed E-state index contributed by atoms with van der Waals surface area (Å²) in [6, 6.07) is 36.0. The molecule has 4 aromatic rings. The van der Waals surface area contributed by atoms with E-state index in [1.165, 1.54) is 44.5 Å². The number of hydrogen-bond acceptors (Lipinski definition) is 0. The second-order valence-corrected chi connectivity index (χ2v) is 10.3. The van der Waals surface area contributed by atoms with Crippen molar-refractivity contribution in [2.45, 2.75) is 6.42 Å². The number of halogens is 2. The molecule has 0 aliphatic heterocycles. The molecule has 0 spiro atoms. The van der Waals surface area contributed by atoms with E-state index in [0.717, 1.165) is 6.42 Å². The molecule has 0 bridgehead atoms. The Morgan fingerprint density at radius 1 is 0.643 bits per heavy atom. The fourth-order valence-corrected chi connectivity index (χ4v) is 3.72. The molecule has 136 valence electrons. The second kappa shape index (κ2) is 9.23. The van der Waals surface area contributed by atoms with E-state index in [2.05, 4.69) is 97.1 Å². The average molecular weight is 480 g/mol. The zero-order valence-electron chi connectivity index (χ0n) is 15.1. The van der Waals surface area contributed by atoms with E-state index in [4.69, 9.17) is 17.0 Å². The fraction of sp³-hybridized carbons (Fsp3) is 0.0400. The maximum absolute atomic E-state index is 4.93. The van der Waals surface area contributed by atoms with Crippen LogP contribution in [-0.4, -0.2) is 0 Å². The van der Waals surface area contributed by atoms with Gasteiger partial charge in [0.05, 0.1) is 0 Å². The predicted molar refractivity (Wildman–Crippen MR) is 116 cm³/mol. The van der Waals surface area contributed by atoms with Gasteiger partial charge in [-0.3, -0.25) is 0 Å². The standard InChI is InChI=1S/C25H17.2ClH.Zr/c1-3-7-18(8-4-1)20-11-13-24-22(15-20)17-23-16-21(12-14-25(23)24)19-9-5-2-6-10-19;;;/h1-15H,17H2;2*1H;/q-1;;;+2/p-2. The van der Waals surface area contributed by atoms with E-state index in [-0.39, 0.29) is 0 Å². The van der Waals surface area contributed by atoms with Crippen LogP contribution in [0.2, 0.25) is 0 Å². The van der Waals surface area contributed by atoms with Crippen molar-refractivity contribution in [3.8, 4) is 33.4 Å². The van der Waals surface area contributed by atoms with Crippen molar-refractivity contribution in [2.75, 3.05) is 0 Å². The topological polar surface area (TPSA) is 0 Å². The van der Waals surface area contributed by atoms with Crippen LogP contribution in [-0.2, 0) is 27.3 Å². The third-order valence-electron chi connectivity index (χ3n) is 4.98. The second-order valence-electron chi connectivity index (χ2n) is 6.62. The normalized spacial score (nSPS) is 11.1. The molecule has 1 aliphatic rings. The molecule has 1 aliphatic carbocycles. The molecule has 0 nitrogen and oxygen atoms in total. The van der Waals surface area contributed by atoms with Crippen molar-refractivity contribution in [1.29, 1.82) is 0 Å². The first-order valence-electron chi connectivity index (χ1n) is 9.06. The quantitative estimate of drug-likeness (QED) is 0.227. The third kappa shape index (κ3) is 4.18. The number of hydrogen-bond donors (Lipinski definition) is 0. The minimum Gasteiger partial charge on any atom is -0.143 e. The van der Waals surface area contributed by atoms with Crippen molar-refractivity contribution in [2.24, 2.45) is 0 Å². The van der Waals surface area contributed by atoms with Crippen LogP contribution in [0, 0.1) is 6.07 Å². The van der Waals surface area contributed by atoms with Crippen molar-refractivity contribution in [3.63, 3.8) is 0 Å². The first-order chi connectivity index (χ1) is 13.8. The summed E-state index contributed by atoms with van der Waals surface area (Å²) in [5.74, 6) is 0. The third-order valence-corrected chi connectivity index (χ3v) is 4.98. The molecule has 3 heteroatoms. The molecule has 0 aromatic heterocycles. The Morgan fingerprint density at radius 3 is 1.93 bits per heavy atom. The maximum atomic E-state index is 4.93. The van der Waals surface area contributed by atoms with Crippen LogP contribution in [0.15, 0.2) is 91.0 Å². The molecule has 0 radical (unpaired) electrons. The van der Waals surface area contributed by atoms with Gasteiger partial charge in [0.2, 0.25) is 0 Å². The van der Waals surface area contributed by atoms with Gasteiger partial charge in [-0.15, -0.1) is 29.3 Å². The van der Waals surface area contributed by atoms with E-state index in [1.807, 2.05) is 0 Å². The molecule has 0 saturated carbocycles. The first kappa shape index (κ1) is 19.7. The van der Waals surface area contributed by atoms with E-state index in [9.17, 15) is 0 Å². The summed E-state index contributed by atoms with van der Waals surface area (Å²) >= 11 is -0.826. The van der Waals surface area contributed by atoms with Crippen LogP contribution in [0.5, 0.6) is 0 Å². The summed E-state index contributed by atoms with van der Waals surface area (Å²) in [6.07, 6.45) is 0.964. The molecule has 0 N–H and O–H groups in total. The monoisotopic (exact) mass is 477 g/mol. The molecule has 28 heavy (non-hydrogen) atoms. The summed E-state index contributed by atoms with van der Waals surface area (Å²) in [6.45, 7) is 0. The summed E-state index contributed by atoms with van der Waals surface area (Å²) < 4.78 is 0. The fourth-order valence-electron chi connectivity index (χ4n) is 3.72. The van der Waals surface area contributed by atoms with Gasteiger partial charge in [-0.05, 0) is 23.1 Å². The van der Waals surface area contributed by atoms with Gasteiger partial charge in [-0.2, -0.15) is 0 Å². The summed E-state index contributed by atoms with van der Waals surface area (Å²) in [4.78, 5) is 0. The van der Waals surface area contributed by atoms with Crippen molar-refractivity contribution >= 4 is 17.0 Å². The van der Waals surface area contributed by atoms with Gasteiger partial charge in [-0.25, -0.2) is 0 Å². The summed E-state index contributed by atoms with van der Waals surface area (Å²) in [5, 5.41) is 0. The van der Waals surface area contributed by atoms with Crippen LogP contribution >= 0.6 is 17.0 Å². The molecule has 5 rings (SSSR count). The van der Waals surface area contributed by atoms with Crippen molar-refractivity contribution in [1.82, 2.24) is 0 Å². The van der Waals surface area contributed by atoms with Crippen LogP contribution < -0.4 is 0 Å². The van der Waals surface area contributed by atoms with Gasteiger partial charge in [0.15, 0.2) is 0 Å². The SMILES string of the molecule is [Cl][Zr][Cl].[c-]1c(-c2ccccc2)ccc2c1Cc1cc(-c3ccccc3)ccc1-2. The summed E-state index contributed by atoms with van der Waals surface area (Å²) in [5.41, 5.74) is 10.4. The molecule has 4 aromatic carbocycles. The number of benzene rings is 4. The van der Waals surface area contributed by atoms with Crippen molar-refractivity contribution in [3.05, 3.63) is 108 Å². The van der Waals surface area contributed by atoms with Gasteiger partial charge in [0.25, 0.3) is 0 Å². The predicted octanol–water partition coefficient (Wildman–Crippen LogP) is 7.77. The Kier molecular flexibility index (Phi) is 6.48. The molecule has 0 unspecified atom stereocenters. The molecular weight excluding hydrogens is 462 g/mol. The minimum absolute atomic E-state index is 0.826. The zero-order chi connectivity index (χ0) is 19.3. The molecule has 0 atom stereocenters. The molecule has 0 fully saturated rings. The Hall–Kier alpha value is -1.66. The van der Waals surface area contributed by atoms with Gasteiger partial charge >= 0.3 is 37.9 Å².